The molecule has 0 aliphatic carbocycles. The number of hydrogen-bond acceptors (Lipinski definition) is 4. The van der Waals surface area contributed by atoms with E-state index in [2.05, 4.69) is 5.32 Å². The zero-order valence-electron chi connectivity index (χ0n) is 19.3. The smallest absolute Gasteiger partial charge is 0.341 e. The molecule has 0 spiro atoms. The molecule has 1 heterocycles. The third-order valence-electron chi connectivity index (χ3n) is 5.80. The molecule has 5 aromatic rings. The van der Waals surface area contributed by atoms with Crippen molar-refractivity contribution in [1.29, 1.82) is 0 Å². The molecule has 0 aliphatic heterocycles. The predicted molar refractivity (Wildman–Crippen MR) is 137 cm³/mol. The Kier molecular flexibility index (Phi) is 6.49. The summed E-state index contributed by atoms with van der Waals surface area (Å²) < 4.78 is 11.3. The number of carboxylic acids is 1. The minimum absolute atomic E-state index is 0.193. The highest BCUT2D eigenvalue weighted by molar-refractivity contribution is 5.98. The van der Waals surface area contributed by atoms with Gasteiger partial charge in [-0.15, -0.1) is 0 Å². The van der Waals surface area contributed by atoms with Gasteiger partial charge in [0.1, 0.15) is 17.1 Å². The van der Waals surface area contributed by atoms with Gasteiger partial charge in [0.15, 0.2) is 6.61 Å². The number of carboxylic acid groups (broad SMARTS) is 1. The lowest BCUT2D eigenvalue weighted by atomic mass is 9.98. The summed E-state index contributed by atoms with van der Waals surface area (Å²) in [5.74, 6) is -0.212. The van der Waals surface area contributed by atoms with Gasteiger partial charge in [-0.25, -0.2) is 4.79 Å². The van der Waals surface area contributed by atoms with Crippen LogP contribution in [0.2, 0.25) is 0 Å². The second-order valence-electron chi connectivity index (χ2n) is 8.30. The van der Waals surface area contributed by atoms with Crippen LogP contribution < -0.4 is 10.1 Å². The summed E-state index contributed by atoms with van der Waals surface area (Å²) in [4.78, 5) is 24.1. The molecule has 1 amide bonds. The minimum atomic E-state index is -1.04. The average Bonchev–Trinajstić information content (AvgIpc) is 3.35. The first kappa shape index (κ1) is 22.9. The molecule has 0 unspecified atom stereocenters. The van der Waals surface area contributed by atoms with Gasteiger partial charge < -0.3 is 19.6 Å². The van der Waals surface area contributed by atoms with Crippen molar-refractivity contribution in [3.63, 3.8) is 0 Å². The maximum Gasteiger partial charge on any atom is 0.341 e. The molecule has 0 bridgehead atoms. The third-order valence-corrected chi connectivity index (χ3v) is 5.80. The molecular weight excluding hydrogens is 454 g/mol. The van der Waals surface area contributed by atoms with Gasteiger partial charge in [-0.3, -0.25) is 4.79 Å². The highest BCUT2D eigenvalue weighted by atomic mass is 16.5. The average molecular weight is 478 g/mol. The molecule has 36 heavy (non-hydrogen) atoms. The van der Waals surface area contributed by atoms with Gasteiger partial charge in [-0.1, -0.05) is 72.8 Å². The summed E-state index contributed by atoms with van der Waals surface area (Å²) in [6, 6.07) is 33.6. The summed E-state index contributed by atoms with van der Waals surface area (Å²) in [6.07, 6.45) is 0. The molecule has 0 atom stereocenters. The van der Waals surface area contributed by atoms with Crippen LogP contribution in [-0.4, -0.2) is 23.6 Å². The maximum atomic E-state index is 13.3. The van der Waals surface area contributed by atoms with E-state index in [0.29, 0.717) is 22.7 Å². The molecule has 0 saturated carbocycles. The monoisotopic (exact) mass is 477 g/mol. The predicted octanol–water partition coefficient (Wildman–Crippen LogP) is 6.08. The molecule has 0 aliphatic rings. The number of ether oxygens (including phenoxy) is 1. The van der Waals surface area contributed by atoms with Crippen molar-refractivity contribution in [2.24, 2.45) is 0 Å². The molecular formula is C30H23NO5. The molecule has 6 nitrogen and oxygen atoms in total. The van der Waals surface area contributed by atoms with E-state index in [1.807, 2.05) is 72.8 Å². The fourth-order valence-electron chi connectivity index (χ4n) is 4.08. The molecule has 4 aromatic carbocycles. The van der Waals surface area contributed by atoms with Gasteiger partial charge in [0.2, 0.25) is 0 Å². The first-order valence-electron chi connectivity index (χ1n) is 11.5. The molecule has 0 radical (unpaired) electrons. The molecule has 1 aromatic heterocycles. The van der Waals surface area contributed by atoms with E-state index in [4.69, 9.17) is 14.3 Å². The Bertz CT molecular complexity index is 1470. The van der Waals surface area contributed by atoms with Crippen molar-refractivity contribution in [2.75, 3.05) is 6.61 Å². The zero-order chi connectivity index (χ0) is 24.9. The van der Waals surface area contributed by atoms with Gasteiger partial charge in [0.05, 0.1) is 6.04 Å². The van der Waals surface area contributed by atoms with Crippen LogP contribution in [0.25, 0.3) is 22.3 Å². The van der Waals surface area contributed by atoms with Crippen LogP contribution in [0.5, 0.6) is 5.75 Å². The Morgan fingerprint density at radius 1 is 0.806 bits per heavy atom. The van der Waals surface area contributed by atoms with Gasteiger partial charge in [0.25, 0.3) is 5.91 Å². The Balaban J connectivity index is 1.40. The Morgan fingerprint density at radius 2 is 1.50 bits per heavy atom. The fraction of sp³-hybridized carbons (Fsp3) is 0.0667. The highest BCUT2D eigenvalue weighted by Crippen LogP contribution is 2.31. The number of fused-ring (bicyclic) bond motifs is 1. The molecule has 2 N–H and O–H groups in total. The fourth-order valence-corrected chi connectivity index (χ4v) is 4.08. The molecule has 178 valence electrons. The Morgan fingerprint density at radius 3 is 2.17 bits per heavy atom. The standard InChI is InChI=1S/C30H23NO5/c32-28(33)19-35-25-13-7-12-22(17-25)27-18-24-16-23(14-15-26(24)36-27)30(34)31-29(20-8-3-1-4-9-20)21-10-5-2-6-11-21/h1-18,29H,19H2,(H,31,34)(H,32,33). The first-order valence-corrected chi connectivity index (χ1v) is 11.5. The van der Waals surface area contributed by atoms with Crippen molar-refractivity contribution in [3.8, 4) is 17.1 Å². The topological polar surface area (TPSA) is 88.8 Å². The molecule has 6 heteroatoms. The van der Waals surface area contributed by atoms with E-state index in [1.54, 1.807) is 36.4 Å². The molecule has 0 fully saturated rings. The van der Waals surface area contributed by atoms with E-state index in [1.165, 1.54) is 0 Å². The lowest BCUT2D eigenvalue weighted by Gasteiger charge is -2.20. The van der Waals surface area contributed by atoms with Crippen molar-refractivity contribution >= 4 is 22.8 Å². The third kappa shape index (κ3) is 5.13. The van der Waals surface area contributed by atoms with Crippen LogP contribution in [0.3, 0.4) is 0 Å². The van der Waals surface area contributed by atoms with Crippen LogP contribution in [0.4, 0.5) is 0 Å². The molecule has 5 rings (SSSR count). The van der Waals surface area contributed by atoms with Crippen LogP contribution >= 0.6 is 0 Å². The van der Waals surface area contributed by atoms with E-state index < -0.39 is 12.6 Å². The van der Waals surface area contributed by atoms with Gasteiger partial charge in [-0.2, -0.15) is 0 Å². The Hall–Kier alpha value is -4.84. The number of amides is 1. The van der Waals surface area contributed by atoms with E-state index >= 15 is 0 Å². The summed E-state index contributed by atoms with van der Waals surface area (Å²) >= 11 is 0. The maximum absolute atomic E-state index is 13.3. The number of nitrogens with one attached hydrogen (secondary N) is 1. The molecule has 0 saturated heterocycles. The SMILES string of the molecule is O=C(O)COc1cccc(-c2cc3cc(C(=O)NC(c4ccccc4)c4ccccc4)ccc3o2)c1. The van der Waals surface area contributed by atoms with Gasteiger partial charge in [-0.05, 0) is 47.5 Å². The number of rotatable bonds is 8. The van der Waals surface area contributed by atoms with Crippen molar-refractivity contribution < 1.29 is 23.8 Å². The second-order valence-corrected chi connectivity index (χ2v) is 8.30. The van der Waals surface area contributed by atoms with E-state index in [0.717, 1.165) is 22.1 Å². The number of furan rings is 1. The van der Waals surface area contributed by atoms with E-state index in [9.17, 15) is 9.59 Å². The highest BCUT2D eigenvalue weighted by Gasteiger charge is 2.18. The van der Waals surface area contributed by atoms with Crippen molar-refractivity contribution in [2.45, 2.75) is 6.04 Å². The van der Waals surface area contributed by atoms with Crippen LogP contribution in [-0.2, 0) is 4.79 Å². The van der Waals surface area contributed by atoms with Crippen LogP contribution in [0, 0.1) is 0 Å². The summed E-state index contributed by atoms with van der Waals surface area (Å²) in [5.41, 5.74) is 3.89. The quantitative estimate of drug-likeness (QED) is 0.283. The first-order chi connectivity index (χ1) is 17.6. The summed E-state index contributed by atoms with van der Waals surface area (Å²) in [6.45, 7) is -0.422. The van der Waals surface area contributed by atoms with Crippen LogP contribution in [0.15, 0.2) is 114 Å². The minimum Gasteiger partial charge on any atom is -0.482 e. The van der Waals surface area contributed by atoms with Crippen LogP contribution in [0.1, 0.15) is 27.5 Å². The largest absolute Gasteiger partial charge is 0.482 e. The van der Waals surface area contributed by atoms with Gasteiger partial charge in [0, 0.05) is 16.5 Å². The number of carbonyl (C=O) groups is 2. The normalized spacial score (nSPS) is 10.9. The lowest BCUT2D eigenvalue weighted by Crippen LogP contribution is -2.29. The summed E-state index contributed by atoms with van der Waals surface area (Å²) in [5, 5.41) is 12.8. The zero-order valence-corrected chi connectivity index (χ0v) is 19.3. The number of carbonyl (C=O) groups excluding carboxylic acids is 1. The van der Waals surface area contributed by atoms with E-state index in [-0.39, 0.29) is 11.9 Å². The Labute approximate surface area is 207 Å². The van der Waals surface area contributed by atoms with Crippen molar-refractivity contribution in [1.82, 2.24) is 5.32 Å². The lowest BCUT2D eigenvalue weighted by molar-refractivity contribution is -0.139. The second kappa shape index (κ2) is 10.2. The number of aliphatic carboxylic acids is 1. The summed E-state index contributed by atoms with van der Waals surface area (Å²) in [7, 11) is 0. The number of hydrogen-bond donors (Lipinski definition) is 2. The van der Waals surface area contributed by atoms with Crippen molar-refractivity contribution in [3.05, 3.63) is 126 Å². The van der Waals surface area contributed by atoms with Gasteiger partial charge >= 0.3 is 5.97 Å². The number of benzene rings is 4.